The molecular weight excluding hydrogens is 493 g/mol. The van der Waals surface area contributed by atoms with Crippen molar-refractivity contribution in [3.05, 3.63) is 81.2 Å². The Bertz CT molecular complexity index is 1310. The Kier molecular flexibility index (Phi) is 6.68. The summed E-state index contributed by atoms with van der Waals surface area (Å²) in [5.74, 6) is -1.05. The van der Waals surface area contributed by atoms with Crippen molar-refractivity contribution in [2.24, 2.45) is 5.41 Å². The number of carbonyl (C=O) groups excluding carboxylic acids is 2. The predicted molar refractivity (Wildman–Crippen MR) is 132 cm³/mol. The van der Waals surface area contributed by atoms with Crippen molar-refractivity contribution in [2.75, 3.05) is 12.4 Å². The van der Waals surface area contributed by atoms with Gasteiger partial charge < -0.3 is 15.4 Å². The number of Topliss-reactive ketones (excluding diaryl/α,β-unsaturated/α-hetero) is 1. The number of benzene rings is 2. The predicted octanol–water partition coefficient (Wildman–Crippen LogP) is 6.61. The normalized spacial score (nSPS) is 19.6. The van der Waals surface area contributed by atoms with Crippen LogP contribution >= 0.6 is 11.6 Å². The number of ketones is 1. The molecular formula is C27H26ClF3N2O3. The van der Waals surface area contributed by atoms with Crippen molar-refractivity contribution in [3.8, 4) is 5.75 Å². The van der Waals surface area contributed by atoms with Crippen LogP contribution in [0.2, 0.25) is 5.02 Å². The zero-order valence-electron chi connectivity index (χ0n) is 20.3. The molecule has 1 amide bonds. The number of hydrogen-bond acceptors (Lipinski definition) is 4. The molecule has 9 heteroatoms. The molecule has 1 aliphatic carbocycles. The second kappa shape index (κ2) is 9.32. The van der Waals surface area contributed by atoms with Gasteiger partial charge >= 0.3 is 6.18 Å². The summed E-state index contributed by atoms with van der Waals surface area (Å²) in [7, 11) is 1.50. The maximum Gasteiger partial charge on any atom is 0.416 e. The number of allylic oxidation sites excluding steroid dienone is 3. The Labute approximate surface area is 212 Å². The van der Waals surface area contributed by atoms with E-state index in [0.29, 0.717) is 35.4 Å². The first-order valence-corrected chi connectivity index (χ1v) is 11.8. The minimum Gasteiger partial charge on any atom is -0.496 e. The average molecular weight is 519 g/mol. The zero-order valence-corrected chi connectivity index (χ0v) is 21.0. The summed E-state index contributed by atoms with van der Waals surface area (Å²) < 4.78 is 45.4. The SMILES string of the molecule is COc1ccccc1C1C(C(=O)Nc2cc(C(F)(F)F)ccc2Cl)=C(C)NC2=C1C(=O)CC(C)(C)C2. The molecule has 0 spiro atoms. The highest BCUT2D eigenvalue weighted by molar-refractivity contribution is 6.34. The standard InChI is InChI=1S/C27H26ClF3N2O3/c1-14-22(25(35)33-18-11-15(27(29,30)31)9-10-17(18)28)23(16-7-5-6-8-21(16)36-4)24-19(32-14)12-26(2,3)13-20(24)34/h5-11,23,32H,12-13H2,1-4H3,(H,33,35). The molecule has 2 N–H and O–H groups in total. The first-order valence-electron chi connectivity index (χ1n) is 11.4. The van der Waals surface area contributed by atoms with Crippen LogP contribution in [-0.2, 0) is 15.8 Å². The van der Waals surface area contributed by atoms with Crippen LogP contribution in [0.3, 0.4) is 0 Å². The van der Waals surface area contributed by atoms with Gasteiger partial charge in [0.05, 0.1) is 29.3 Å². The van der Waals surface area contributed by atoms with E-state index in [1.54, 1.807) is 31.2 Å². The Morgan fingerprint density at radius 2 is 1.86 bits per heavy atom. The van der Waals surface area contributed by atoms with Crippen LogP contribution in [0.25, 0.3) is 0 Å². The van der Waals surface area contributed by atoms with Gasteiger partial charge in [0.1, 0.15) is 5.75 Å². The molecule has 190 valence electrons. The second-order valence-electron chi connectivity index (χ2n) is 9.82. The highest BCUT2D eigenvalue weighted by Crippen LogP contribution is 2.48. The van der Waals surface area contributed by atoms with E-state index in [4.69, 9.17) is 16.3 Å². The van der Waals surface area contributed by atoms with E-state index in [1.165, 1.54) is 7.11 Å². The number of anilines is 1. The van der Waals surface area contributed by atoms with Crippen molar-refractivity contribution in [1.29, 1.82) is 0 Å². The summed E-state index contributed by atoms with van der Waals surface area (Å²) in [5, 5.41) is 5.74. The number of halogens is 4. The van der Waals surface area contributed by atoms with E-state index in [1.807, 2.05) is 13.8 Å². The van der Waals surface area contributed by atoms with E-state index < -0.39 is 23.6 Å². The van der Waals surface area contributed by atoms with Gasteiger partial charge in [-0.1, -0.05) is 43.6 Å². The van der Waals surface area contributed by atoms with Crippen molar-refractivity contribution in [2.45, 2.75) is 45.7 Å². The fourth-order valence-electron chi connectivity index (χ4n) is 4.94. The Balaban J connectivity index is 1.83. The topological polar surface area (TPSA) is 67.4 Å². The minimum absolute atomic E-state index is 0.0392. The van der Waals surface area contributed by atoms with Gasteiger partial charge in [-0.15, -0.1) is 0 Å². The quantitative estimate of drug-likeness (QED) is 0.478. The maximum absolute atomic E-state index is 13.7. The first kappa shape index (κ1) is 25.8. The number of dihydropyridines is 1. The van der Waals surface area contributed by atoms with Crippen molar-refractivity contribution >= 4 is 29.0 Å². The van der Waals surface area contributed by atoms with Gasteiger partial charge in [-0.05, 0) is 43.0 Å². The molecule has 1 atom stereocenters. The number of carbonyl (C=O) groups is 2. The van der Waals surface area contributed by atoms with Crippen LogP contribution < -0.4 is 15.4 Å². The van der Waals surface area contributed by atoms with Crippen LogP contribution in [-0.4, -0.2) is 18.8 Å². The number of para-hydroxylation sites is 1. The number of alkyl halides is 3. The van der Waals surface area contributed by atoms with Gasteiger partial charge in [0, 0.05) is 34.5 Å². The number of rotatable bonds is 4. The summed E-state index contributed by atoms with van der Waals surface area (Å²) in [6, 6.07) is 9.82. The molecule has 36 heavy (non-hydrogen) atoms. The molecule has 1 heterocycles. The molecule has 2 aromatic rings. The van der Waals surface area contributed by atoms with Gasteiger partial charge in [-0.25, -0.2) is 0 Å². The minimum atomic E-state index is -4.60. The fourth-order valence-corrected chi connectivity index (χ4v) is 5.10. The Morgan fingerprint density at radius 1 is 1.17 bits per heavy atom. The van der Waals surface area contributed by atoms with E-state index >= 15 is 0 Å². The molecule has 4 rings (SSSR count). The molecule has 0 radical (unpaired) electrons. The fraction of sp³-hybridized carbons (Fsp3) is 0.333. The van der Waals surface area contributed by atoms with Crippen LogP contribution in [0, 0.1) is 5.41 Å². The number of nitrogens with one attached hydrogen (secondary N) is 2. The third-order valence-corrected chi connectivity index (χ3v) is 6.81. The van der Waals surface area contributed by atoms with Gasteiger partial charge in [0.15, 0.2) is 5.78 Å². The largest absolute Gasteiger partial charge is 0.496 e. The van der Waals surface area contributed by atoms with E-state index in [9.17, 15) is 22.8 Å². The summed E-state index contributed by atoms with van der Waals surface area (Å²) in [6.45, 7) is 5.72. The molecule has 0 fully saturated rings. The molecule has 2 aromatic carbocycles. The molecule has 5 nitrogen and oxygen atoms in total. The highest BCUT2D eigenvalue weighted by atomic mass is 35.5. The van der Waals surface area contributed by atoms with Gasteiger partial charge in [-0.3, -0.25) is 9.59 Å². The lowest BCUT2D eigenvalue weighted by atomic mass is 9.68. The van der Waals surface area contributed by atoms with E-state index in [0.717, 1.165) is 23.9 Å². The third-order valence-electron chi connectivity index (χ3n) is 6.48. The van der Waals surface area contributed by atoms with Gasteiger partial charge in [0.25, 0.3) is 5.91 Å². The van der Waals surface area contributed by atoms with Crippen LogP contribution in [0.5, 0.6) is 5.75 Å². The van der Waals surface area contributed by atoms with Crippen LogP contribution in [0.4, 0.5) is 18.9 Å². The summed E-state index contributed by atoms with van der Waals surface area (Å²) in [5.41, 5.74) is 1.14. The molecule has 1 unspecified atom stereocenters. The zero-order chi connectivity index (χ0) is 26.4. The lowest BCUT2D eigenvalue weighted by Crippen LogP contribution is -2.39. The smallest absolute Gasteiger partial charge is 0.416 e. The second-order valence-corrected chi connectivity index (χ2v) is 10.2. The van der Waals surface area contributed by atoms with Gasteiger partial charge in [-0.2, -0.15) is 13.2 Å². The molecule has 1 aliphatic heterocycles. The lowest BCUT2D eigenvalue weighted by Gasteiger charge is -2.40. The lowest BCUT2D eigenvalue weighted by molar-refractivity contribution is -0.137. The first-order chi connectivity index (χ1) is 16.8. The Hall–Kier alpha value is -3.26. The molecule has 0 saturated heterocycles. The molecule has 0 saturated carbocycles. The van der Waals surface area contributed by atoms with Crippen LogP contribution in [0.1, 0.15) is 50.7 Å². The third kappa shape index (κ3) is 4.87. The Morgan fingerprint density at radius 3 is 2.53 bits per heavy atom. The molecule has 0 bridgehead atoms. The van der Waals surface area contributed by atoms with Crippen molar-refractivity contribution in [1.82, 2.24) is 5.32 Å². The maximum atomic E-state index is 13.7. The summed E-state index contributed by atoms with van der Waals surface area (Å²) in [4.78, 5) is 27.1. The highest BCUT2D eigenvalue weighted by Gasteiger charge is 2.43. The van der Waals surface area contributed by atoms with Crippen LogP contribution in [0.15, 0.2) is 65.0 Å². The number of hydrogen-bond donors (Lipinski definition) is 2. The summed E-state index contributed by atoms with van der Waals surface area (Å²) >= 11 is 6.13. The molecule has 0 aromatic heterocycles. The number of methoxy groups -OCH3 is 1. The van der Waals surface area contributed by atoms with E-state index in [-0.39, 0.29) is 27.5 Å². The van der Waals surface area contributed by atoms with Gasteiger partial charge in [0.2, 0.25) is 0 Å². The molecule has 2 aliphatic rings. The van der Waals surface area contributed by atoms with Crippen molar-refractivity contribution in [3.63, 3.8) is 0 Å². The van der Waals surface area contributed by atoms with E-state index in [2.05, 4.69) is 10.6 Å². The van der Waals surface area contributed by atoms with Crippen molar-refractivity contribution < 1.29 is 27.5 Å². The monoisotopic (exact) mass is 518 g/mol. The summed E-state index contributed by atoms with van der Waals surface area (Å²) in [6.07, 6.45) is -3.70. The average Bonchev–Trinajstić information content (AvgIpc) is 2.77. The number of ether oxygens (including phenoxy) is 1. The number of amides is 1.